The molecule has 0 unspecified atom stereocenters. The first-order valence-electron chi connectivity index (χ1n) is 11.1. The van der Waals surface area contributed by atoms with Crippen LogP contribution in [0, 0.1) is 5.41 Å². The summed E-state index contributed by atoms with van der Waals surface area (Å²) in [6.07, 6.45) is 0.435. The van der Waals surface area contributed by atoms with E-state index in [1.807, 2.05) is 110 Å². The normalized spacial score (nSPS) is 11.4. The average molecular weight is 440 g/mol. The van der Waals surface area contributed by atoms with Crippen LogP contribution >= 0.6 is 0 Å². The molecule has 0 radical (unpaired) electrons. The van der Waals surface area contributed by atoms with Crippen molar-refractivity contribution in [3.8, 4) is 0 Å². The van der Waals surface area contributed by atoms with Crippen molar-refractivity contribution in [1.29, 1.82) is 0 Å². The molecule has 1 heterocycles. The molecule has 0 aliphatic heterocycles. The highest BCUT2D eigenvalue weighted by Crippen LogP contribution is 2.27. The van der Waals surface area contributed by atoms with Gasteiger partial charge in [0, 0.05) is 35.2 Å². The highest BCUT2D eigenvalue weighted by atomic mass is 16.2. The van der Waals surface area contributed by atoms with Gasteiger partial charge in [-0.3, -0.25) is 9.59 Å². The number of aromatic nitrogens is 1. The van der Waals surface area contributed by atoms with Gasteiger partial charge in [-0.25, -0.2) is 0 Å². The Labute approximate surface area is 194 Å². The SMILES string of the molecule is CC(C)(C)CC(=O)Nc1ccc2c(c1)cc(C(=O)Nc1ccccc1)n2Cc1ccccc1. The zero-order valence-electron chi connectivity index (χ0n) is 19.3. The fourth-order valence-corrected chi connectivity index (χ4v) is 3.88. The monoisotopic (exact) mass is 439 g/mol. The molecule has 1 aromatic heterocycles. The highest BCUT2D eigenvalue weighted by Gasteiger charge is 2.19. The van der Waals surface area contributed by atoms with Crippen molar-refractivity contribution in [3.05, 3.63) is 96.2 Å². The number of anilines is 2. The van der Waals surface area contributed by atoms with Gasteiger partial charge in [0.1, 0.15) is 5.69 Å². The fraction of sp³-hybridized carbons (Fsp3) is 0.214. The standard InChI is InChI=1S/C28H29N3O2/c1-28(2,3)18-26(32)29-23-14-15-24-21(16-23)17-25(27(33)30-22-12-8-5-9-13-22)31(24)19-20-10-6-4-7-11-20/h4-17H,18-19H2,1-3H3,(H,29,32)(H,30,33). The van der Waals surface area contributed by atoms with Gasteiger partial charge in [-0.1, -0.05) is 69.3 Å². The van der Waals surface area contributed by atoms with Crippen LogP contribution in [0.3, 0.4) is 0 Å². The largest absolute Gasteiger partial charge is 0.332 e. The van der Waals surface area contributed by atoms with Crippen LogP contribution in [-0.2, 0) is 11.3 Å². The van der Waals surface area contributed by atoms with Crippen LogP contribution in [0.25, 0.3) is 10.9 Å². The lowest BCUT2D eigenvalue weighted by Gasteiger charge is -2.17. The predicted molar refractivity (Wildman–Crippen MR) is 135 cm³/mol. The van der Waals surface area contributed by atoms with E-state index in [9.17, 15) is 9.59 Å². The van der Waals surface area contributed by atoms with Crippen LogP contribution in [0.4, 0.5) is 11.4 Å². The Bertz CT molecular complexity index is 1270. The summed E-state index contributed by atoms with van der Waals surface area (Å²) < 4.78 is 2.02. The lowest BCUT2D eigenvalue weighted by Crippen LogP contribution is -2.19. The Hall–Kier alpha value is -3.86. The summed E-state index contributed by atoms with van der Waals surface area (Å²) in [7, 11) is 0. The summed E-state index contributed by atoms with van der Waals surface area (Å²) in [4.78, 5) is 25.6. The number of nitrogens with zero attached hydrogens (tertiary/aromatic N) is 1. The molecule has 3 aromatic carbocycles. The Morgan fingerprint density at radius 2 is 1.45 bits per heavy atom. The zero-order valence-corrected chi connectivity index (χ0v) is 19.3. The van der Waals surface area contributed by atoms with Crippen molar-refractivity contribution in [3.63, 3.8) is 0 Å². The summed E-state index contributed by atoms with van der Waals surface area (Å²) in [6.45, 7) is 6.68. The lowest BCUT2D eigenvalue weighted by atomic mass is 9.92. The van der Waals surface area contributed by atoms with Gasteiger partial charge in [0.15, 0.2) is 0 Å². The molecule has 5 heteroatoms. The number of nitrogens with one attached hydrogen (secondary N) is 2. The highest BCUT2D eigenvalue weighted by molar-refractivity contribution is 6.07. The first-order chi connectivity index (χ1) is 15.8. The van der Waals surface area contributed by atoms with E-state index in [1.54, 1.807) is 0 Å². The zero-order chi connectivity index (χ0) is 23.4. The summed E-state index contributed by atoms with van der Waals surface area (Å²) >= 11 is 0. The first-order valence-corrected chi connectivity index (χ1v) is 11.1. The minimum atomic E-state index is -0.174. The van der Waals surface area contributed by atoms with Gasteiger partial charge >= 0.3 is 0 Å². The number of benzene rings is 3. The van der Waals surface area contributed by atoms with Crippen LogP contribution in [-0.4, -0.2) is 16.4 Å². The van der Waals surface area contributed by atoms with Gasteiger partial charge < -0.3 is 15.2 Å². The van der Waals surface area contributed by atoms with Gasteiger partial charge in [-0.2, -0.15) is 0 Å². The maximum Gasteiger partial charge on any atom is 0.272 e. The third-order valence-electron chi connectivity index (χ3n) is 5.32. The van der Waals surface area contributed by atoms with E-state index in [0.717, 1.165) is 27.8 Å². The molecule has 4 aromatic rings. The van der Waals surface area contributed by atoms with Crippen molar-refractivity contribution in [2.24, 2.45) is 5.41 Å². The Balaban J connectivity index is 1.69. The number of carbonyl (C=O) groups is 2. The molecule has 33 heavy (non-hydrogen) atoms. The van der Waals surface area contributed by atoms with Gasteiger partial charge in [0.2, 0.25) is 5.91 Å². The quantitative estimate of drug-likeness (QED) is 0.369. The van der Waals surface area contributed by atoms with E-state index < -0.39 is 0 Å². The van der Waals surface area contributed by atoms with Gasteiger partial charge in [0.25, 0.3) is 5.91 Å². The Morgan fingerprint density at radius 3 is 2.12 bits per heavy atom. The molecule has 0 aliphatic rings. The molecule has 0 saturated heterocycles. The molecule has 2 N–H and O–H groups in total. The second-order valence-corrected chi connectivity index (χ2v) is 9.48. The van der Waals surface area contributed by atoms with Gasteiger partial charge in [-0.15, -0.1) is 0 Å². The summed E-state index contributed by atoms with van der Waals surface area (Å²) in [5.41, 5.74) is 3.99. The average Bonchev–Trinajstić information content (AvgIpc) is 3.11. The summed E-state index contributed by atoms with van der Waals surface area (Å²) in [6, 6.07) is 27.2. The third-order valence-corrected chi connectivity index (χ3v) is 5.32. The number of carbonyl (C=O) groups excluding carboxylic acids is 2. The Morgan fingerprint density at radius 1 is 0.788 bits per heavy atom. The minimum absolute atomic E-state index is 0.0207. The molecule has 0 spiro atoms. The number of fused-ring (bicyclic) bond motifs is 1. The molecule has 0 bridgehead atoms. The van der Waals surface area contributed by atoms with Crippen molar-refractivity contribution in [2.75, 3.05) is 10.6 Å². The molecule has 2 amide bonds. The van der Waals surface area contributed by atoms with E-state index in [-0.39, 0.29) is 17.2 Å². The van der Waals surface area contributed by atoms with Crippen molar-refractivity contribution in [2.45, 2.75) is 33.7 Å². The summed E-state index contributed by atoms with van der Waals surface area (Å²) in [5, 5.41) is 6.88. The molecule has 0 atom stereocenters. The number of amides is 2. The molecule has 0 saturated carbocycles. The minimum Gasteiger partial charge on any atom is -0.332 e. The first kappa shape index (κ1) is 22.3. The second kappa shape index (κ2) is 9.33. The fourth-order valence-electron chi connectivity index (χ4n) is 3.88. The second-order valence-electron chi connectivity index (χ2n) is 9.48. The van der Waals surface area contributed by atoms with Crippen LogP contribution in [0.15, 0.2) is 84.9 Å². The maximum absolute atomic E-state index is 13.2. The van der Waals surface area contributed by atoms with E-state index in [2.05, 4.69) is 10.6 Å². The summed E-state index contributed by atoms with van der Waals surface area (Å²) in [5.74, 6) is -0.195. The Kier molecular flexibility index (Phi) is 6.31. The maximum atomic E-state index is 13.2. The van der Waals surface area contributed by atoms with Gasteiger partial charge in [-0.05, 0) is 47.4 Å². The predicted octanol–water partition coefficient (Wildman–Crippen LogP) is 6.32. The number of hydrogen-bond donors (Lipinski definition) is 2. The smallest absolute Gasteiger partial charge is 0.272 e. The van der Waals surface area contributed by atoms with Crippen molar-refractivity contribution < 1.29 is 9.59 Å². The number of para-hydroxylation sites is 1. The molecular weight excluding hydrogens is 410 g/mol. The molecule has 0 fully saturated rings. The molecular formula is C28H29N3O2. The molecule has 4 rings (SSSR count). The van der Waals surface area contributed by atoms with E-state index in [4.69, 9.17) is 0 Å². The van der Waals surface area contributed by atoms with E-state index in [0.29, 0.717) is 18.7 Å². The number of rotatable bonds is 6. The number of hydrogen-bond acceptors (Lipinski definition) is 2. The third kappa shape index (κ3) is 5.69. The lowest BCUT2D eigenvalue weighted by molar-refractivity contribution is -0.117. The van der Waals surface area contributed by atoms with E-state index >= 15 is 0 Å². The van der Waals surface area contributed by atoms with Crippen LogP contribution in [0.5, 0.6) is 0 Å². The van der Waals surface area contributed by atoms with Crippen LogP contribution in [0.2, 0.25) is 0 Å². The van der Waals surface area contributed by atoms with Crippen LogP contribution in [0.1, 0.15) is 43.2 Å². The van der Waals surface area contributed by atoms with Crippen molar-refractivity contribution in [1.82, 2.24) is 4.57 Å². The molecule has 168 valence electrons. The van der Waals surface area contributed by atoms with Crippen molar-refractivity contribution >= 4 is 34.1 Å². The van der Waals surface area contributed by atoms with Gasteiger partial charge in [0.05, 0.1) is 0 Å². The van der Waals surface area contributed by atoms with Crippen LogP contribution < -0.4 is 10.6 Å². The molecule has 0 aliphatic carbocycles. The molecule has 5 nitrogen and oxygen atoms in total. The topological polar surface area (TPSA) is 63.1 Å². The van der Waals surface area contributed by atoms with E-state index in [1.165, 1.54) is 0 Å².